The van der Waals surface area contributed by atoms with Gasteiger partial charge in [-0.2, -0.15) is 12.7 Å². The Morgan fingerprint density at radius 1 is 1.20 bits per heavy atom. The number of H-pyrrole nitrogens is 1. The van der Waals surface area contributed by atoms with E-state index in [0.29, 0.717) is 4.31 Å². The minimum atomic E-state index is -4.36. The Labute approximate surface area is 225 Å². The number of thiophene rings is 1. The Morgan fingerprint density at radius 3 is 2.40 bits per heavy atom. The van der Waals surface area contributed by atoms with Crippen LogP contribution in [0.4, 0.5) is 20.6 Å². The first-order chi connectivity index (χ1) is 16.0. The number of benzene rings is 2. The van der Waals surface area contributed by atoms with Gasteiger partial charge >= 0.3 is 34.8 Å². The first-order valence-corrected chi connectivity index (χ1v) is 12.0. The predicted octanol–water partition coefficient (Wildman–Crippen LogP) is 2.69. The molecule has 0 fully saturated rings. The van der Waals surface area contributed by atoms with Crippen LogP contribution < -0.4 is 26.6 Å². The van der Waals surface area contributed by atoms with Gasteiger partial charge < -0.3 is 18.9 Å². The van der Waals surface area contributed by atoms with Crippen LogP contribution >= 0.6 is 22.9 Å². The smallest absolute Gasteiger partial charge is 1.00 e. The first-order valence-electron chi connectivity index (χ1n) is 9.41. The average Bonchev–Trinajstić information content (AvgIpc) is 3.22. The number of hydrogen-bond donors (Lipinski definition) is 3. The normalized spacial score (nSPS) is 11.2. The molecule has 15 heteroatoms. The summed E-state index contributed by atoms with van der Waals surface area (Å²) in [7, 11) is -2.86. The molecule has 180 valence electrons. The van der Waals surface area contributed by atoms with E-state index in [2.05, 4.69) is 10.3 Å². The minimum Gasteiger partial charge on any atom is -1.00 e. The molecule has 2 heterocycles. The molecule has 2 amide bonds. The molecule has 10 nitrogen and oxygen atoms in total. The second kappa shape index (κ2) is 9.98. The second-order valence-electron chi connectivity index (χ2n) is 6.88. The largest absolute Gasteiger partial charge is 2.00 e. The number of nitrogens with two attached hydrogens (primary N) is 1. The number of rotatable bonds is 5. The van der Waals surface area contributed by atoms with Crippen molar-refractivity contribution in [1.29, 1.82) is 0 Å². The van der Waals surface area contributed by atoms with E-state index in [1.807, 2.05) is 0 Å². The van der Waals surface area contributed by atoms with Gasteiger partial charge in [0.15, 0.2) is 0 Å². The number of sulfonamides is 1. The second-order valence-corrected chi connectivity index (χ2v) is 10.6. The number of primary amides is 1. The van der Waals surface area contributed by atoms with E-state index >= 15 is 0 Å². The fourth-order valence-electron chi connectivity index (χ4n) is 3.31. The van der Waals surface area contributed by atoms with Crippen molar-refractivity contribution in [3.05, 3.63) is 79.5 Å². The molecule has 4 N–H and O–H groups in total. The van der Waals surface area contributed by atoms with Gasteiger partial charge in [-0.05, 0) is 48.5 Å². The molecule has 0 aliphatic rings. The van der Waals surface area contributed by atoms with Gasteiger partial charge in [-0.25, -0.2) is 18.5 Å². The number of anilines is 2. The van der Waals surface area contributed by atoms with Crippen molar-refractivity contribution in [2.45, 2.75) is 4.21 Å². The monoisotopic (exact) mass is 549 g/mol. The fraction of sp³-hybridized carbons (Fsp3) is 0.0500. The van der Waals surface area contributed by atoms with Crippen LogP contribution in [0.1, 0.15) is 2.85 Å². The summed E-state index contributed by atoms with van der Waals surface area (Å²) in [6, 6.07) is 8.54. The molecule has 2 aromatic carbocycles. The van der Waals surface area contributed by atoms with Crippen molar-refractivity contribution in [3.63, 3.8) is 0 Å². The molecule has 0 saturated heterocycles. The maximum atomic E-state index is 14.2. The number of nitrogens with one attached hydrogen (secondary N) is 2. The number of halogens is 2. The zero-order valence-corrected chi connectivity index (χ0v) is 21.7. The summed E-state index contributed by atoms with van der Waals surface area (Å²) in [5.74, 6) is -0.683. The van der Waals surface area contributed by atoms with Crippen LogP contribution in [0.25, 0.3) is 16.6 Å². The standard InChI is InChI=1S/C20H15ClFN5O5S2.Mg.2H/c1-24-15-9-14-12(8-13(15)22)18(28)26(20(30)25-14)10-2-4-11(5-3-10)27(19(23)29)34(31,32)17-7-6-16(21)33-17;;;/h2-9,24H,1H3,(H2,23,29)(H,25,30);;;/q;+2;2*-1. The number of fused-ring (bicyclic) bond motifs is 1. The summed E-state index contributed by atoms with van der Waals surface area (Å²) in [5, 5.41) is 2.55. The first kappa shape index (κ1) is 26.7. The Morgan fingerprint density at radius 2 is 1.86 bits per heavy atom. The molecular weight excluding hydrogens is 533 g/mol. The summed E-state index contributed by atoms with van der Waals surface area (Å²) in [4.78, 5) is 40.1. The van der Waals surface area contributed by atoms with E-state index in [0.717, 1.165) is 22.0 Å². The maximum Gasteiger partial charge on any atom is 2.00 e. The molecule has 4 rings (SSSR count). The van der Waals surface area contributed by atoms with Crippen molar-refractivity contribution in [2.75, 3.05) is 16.7 Å². The van der Waals surface area contributed by atoms with Crippen LogP contribution in [0.3, 0.4) is 0 Å². The van der Waals surface area contributed by atoms with Crippen LogP contribution in [-0.2, 0) is 10.0 Å². The van der Waals surface area contributed by atoms with E-state index in [-0.39, 0.29) is 62.4 Å². The zero-order chi connectivity index (χ0) is 24.8. The van der Waals surface area contributed by atoms with E-state index in [1.165, 1.54) is 49.5 Å². The quantitative estimate of drug-likeness (QED) is 0.326. The van der Waals surface area contributed by atoms with Crippen LogP contribution in [0.2, 0.25) is 4.34 Å². The van der Waals surface area contributed by atoms with Crippen molar-refractivity contribution in [2.24, 2.45) is 5.73 Å². The Hall–Kier alpha value is -2.91. The number of aromatic nitrogens is 2. The van der Waals surface area contributed by atoms with Gasteiger partial charge in [-0.3, -0.25) is 4.79 Å². The number of carbonyl (C=O) groups excluding carboxylic acids is 1. The minimum absolute atomic E-state index is 0. The van der Waals surface area contributed by atoms with Crippen molar-refractivity contribution >= 4 is 84.3 Å². The number of carbonyl (C=O) groups is 1. The molecule has 0 aliphatic carbocycles. The van der Waals surface area contributed by atoms with Gasteiger partial charge in [0.2, 0.25) is 0 Å². The predicted molar refractivity (Wildman–Crippen MR) is 136 cm³/mol. The number of hydrogen-bond acceptors (Lipinski definition) is 7. The van der Waals surface area contributed by atoms with Crippen LogP contribution in [0.15, 0.2) is 62.3 Å². The van der Waals surface area contributed by atoms with Crippen LogP contribution in [0.5, 0.6) is 0 Å². The van der Waals surface area contributed by atoms with Crippen LogP contribution in [-0.4, -0.2) is 54.1 Å². The summed E-state index contributed by atoms with van der Waals surface area (Å²) >= 11 is 6.56. The molecular formula is C20H17ClFMgN5O5S2. The van der Waals surface area contributed by atoms with E-state index in [1.54, 1.807) is 0 Å². The zero-order valence-electron chi connectivity index (χ0n) is 19.9. The van der Waals surface area contributed by atoms with Gasteiger partial charge in [0.1, 0.15) is 10.0 Å². The molecule has 0 spiro atoms. The molecule has 0 unspecified atom stereocenters. The molecule has 0 bridgehead atoms. The summed E-state index contributed by atoms with van der Waals surface area (Å²) in [5.41, 5.74) is 3.89. The molecule has 35 heavy (non-hydrogen) atoms. The van der Waals surface area contributed by atoms with Crippen molar-refractivity contribution in [1.82, 2.24) is 9.55 Å². The van der Waals surface area contributed by atoms with Gasteiger partial charge in [-0.15, -0.1) is 11.3 Å². The number of aromatic amines is 1. The summed E-state index contributed by atoms with van der Waals surface area (Å²) in [6.07, 6.45) is 0. The average molecular weight is 550 g/mol. The topological polar surface area (TPSA) is 147 Å². The van der Waals surface area contributed by atoms with Gasteiger partial charge in [-0.1, -0.05) is 11.6 Å². The number of urea groups is 1. The van der Waals surface area contributed by atoms with Crippen LogP contribution in [0, 0.1) is 5.82 Å². The fourth-order valence-corrected chi connectivity index (χ4v) is 6.20. The third kappa shape index (κ3) is 4.79. The Bertz CT molecular complexity index is 1680. The van der Waals surface area contributed by atoms with Crippen molar-refractivity contribution in [3.8, 4) is 5.69 Å². The Balaban J connectivity index is 0.00000228. The third-order valence-electron chi connectivity index (χ3n) is 4.84. The maximum absolute atomic E-state index is 14.2. The molecule has 0 aliphatic heterocycles. The molecule has 4 aromatic rings. The van der Waals surface area contributed by atoms with E-state index in [9.17, 15) is 27.2 Å². The number of amides is 2. The van der Waals surface area contributed by atoms with Crippen molar-refractivity contribution < 1.29 is 20.5 Å². The third-order valence-corrected chi connectivity index (χ3v) is 8.26. The Kier molecular flexibility index (Phi) is 7.61. The molecule has 0 saturated carbocycles. The molecule has 2 aromatic heterocycles. The van der Waals surface area contributed by atoms with Gasteiger partial charge in [0.05, 0.1) is 32.3 Å². The number of nitrogens with zero attached hydrogens (tertiary/aromatic N) is 2. The van der Waals surface area contributed by atoms with Gasteiger partial charge in [0, 0.05) is 7.05 Å². The molecule has 0 atom stereocenters. The van der Waals surface area contributed by atoms with Gasteiger partial charge in [0.25, 0.3) is 15.6 Å². The summed E-state index contributed by atoms with van der Waals surface area (Å²) < 4.78 is 41.1. The van der Waals surface area contributed by atoms with E-state index < -0.39 is 33.1 Å². The SMILES string of the molecule is CNc1cc2[nH]c(=O)n(-c3ccc(N(C(N)=O)S(=O)(=O)c4ccc(Cl)s4)cc3)c(=O)c2cc1F.[H-].[H-].[Mg+2]. The summed E-state index contributed by atoms with van der Waals surface area (Å²) in [6.45, 7) is 0. The van der Waals surface area contributed by atoms with E-state index in [4.69, 9.17) is 17.3 Å². The molecule has 0 radical (unpaired) electrons.